The van der Waals surface area contributed by atoms with E-state index < -0.39 is 0 Å². The Morgan fingerprint density at radius 1 is 1.30 bits per heavy atom. The van der Waals surface area contributed by atoms with Crippen molar-refractivity contribution < 1.29 is 9.53 Å². The predicted molar refractivity (Wildman–Crippen MR) is 84.9 cm³/mol. The highest BCUT2D eigenvalue weighted by Gasteiger charge is 2.30. The molecular weight excluding hydrogens is 292 g/mol. The number of carbonyl (C=O) groups excluding carboxylic acids is 1. The summed E-state index contributed by atoms with van der Waals surface area (Å²) >= 11 is 0. The fourth-order valence-electron chi connectivity index (χ4n) is 2.91. The zero-order valence-electron chi connectivity index (χ0n) is 12.5. The summed E-state index contributed by atoms with van der Waals surface area (Å²) in [6, 6.07) is 11.4. The molecule has 4 rings (SSSR count). The first-order valence-corrected chi connectivity index (χ1v) is 7.56. The van der Waals surface area contributed by atoms with Crippen LogP contribution in [0, 0.1) is 0 Å². The number of nitrogens with zero attached hydrogens (tertiary/aromatic N) is 3. The highest BCUT2D eigenvalue weighted by Crippen LogP contribution is 2.25. The zero-order chi connectivity index (χ0) is 15.6. The highest BCUT2D eigenvalue weighted by atomic mass is 16.5. The summed E-state index contributed by atoms with van der Waals surface area (Å²) in [6.07, 6.45) is 3.33. The van der Waals surface area contributed by atoms with Gasteiger partial charge in [0, 0.05) is 24.3 Å². The van der Waals surface area contributed by atoms with Gasteiger partial charge in [-0.3, -0.25) is 14.9 Å². The van der Waals surface area contributed by atoms with Crippen molar-refractivity contribution in [2.24, 2.45) is 0 Å². The molecule has 0 radical (unpaired) electrons. The number of amides is 1. The summed E-state index contributed by atoms with van der Waals surface area (Å²) in [5.74, 6) is -0.0360. The molecule has 1 fully saturated rings. The molecule has 0 bridgehead atoms. The van der Waals surface area contributed by atoms with Gasteiger partial charge in [-0.25, -0.2) is 0 Å². The number of benzene rings is 1. The average molecular weight is 308 g/mol. The number of hydrogen-bond donors (Lipinski definition) is 1. The standard InChI is InChI=1S/C17H16N4O2/c22-17(13-9-12-3-1-2-4-14(12)18-10-13)21-7-8-23-11-16(21)15-5-6-19-20-15/h1-6,9-10,16H,7-8,11H2,(H,19,20). The van der Waals surface area contributed by atoms with Gasteiger partial charge in [-0.05, 0) is 18.2 Å². The van der Waals surface area contributed by atoms with E-state index in [0.717, 1.165) is 16.6 Å². The first kappa shape index (κ1) is 13.9. The first-order valence-electron chi connectivity index (χ1n) is 7.56. The SMILES string of the molecule is O=C(c1cnc2ccccc2c1)N1CCOCC1c1ccn[nH]1. The van der Waals surface area contributed by atoms with Gasteiger partial charge >= 0.3 is 0 Å². The topological polar surface area (TPSA) is 71.1 Å². The molecule has 1 aromatic carbocycles. The third-order valence-corrected chi connectivity index (χ3v) is 4.11. The van der Waals surface area contributed by atoms with Gasteiger partial charge in [-0.1, -0.05) is 18.2 Å². The number of para-hydroxylation sites is 1. The number of carbonyl (C=O) groups is 1. The number of ether oxygens (including phenoxy) is 1. The van der Waals surface area contributed by atoms with Crippen LogP contribution in [0.2, 0.25) is 0 Å². The Labute approximate surface area is 133 Å². The molecule has 2 aromatic heterocycles. The smallest absolute Gasteiger partial charge is 0.256 e. The Bertz CT molecular complexity index is 831. The molecule has 1 N–H and O–H groups in total. The maximum atomic E-state index is 12.9. The molecule has 3 aromatic rings. The van der Waals surface area contributed by atoms with Gasteiger partial charge in [-0.15, -0.1) is 0 Å². The van der Waals surface area contributed by atoms with Crippen molar-refractivity contribution in [1.29, 1.82) is 0 Å². The van der Waals surface area contributed by atoms with Crippen molar-refractivity contribution in [2.45, 2.75) is 6.04 Å². The first-order chi connectivity index (χ1) is 11.3. The van der Waals surface area contributed by atoms with Crippen LogP contribution in [0.4, 0.5) is 0 Å². The highest BCUT2D eigenvalue weighted by molar-refractivity contribution is 5.97. The van der Waals surface area contributed by atoms with Gasteiger partial charge in [0.05, 0.1) is 36.0 Å². The van der Waals surface area contributed by atoms with Crippen LogP contribution < -0.4 is 0 Å². The molecule has 1 aliphatic heterocycles. The Morgan fingerprint density at radius 3 is 3.09 bits per heavy atom. The van der Waals surface area contributed by atoms with Crippen LogP contribution in [0.25, 0.3) is 10.9 Å². The van der Waals surface area contributed by atoms with Crippen molar-refractivity contribution in [3.63, 3.8) is 0 Å². The van der Waals surface area contributed by atoms with Crippen LogP contribution in [0.1, 0.15) is 22.1 Å². The summed E-state index contributed by atoms with van der Waals surface area (Å²) in [5.41, 5.74) is 2.36. The van der Waals surface area contributed by atoms with Gasteiger partial charge in [0.25, 0.3) is 5.91 Å². The number of nitrogens with one attached hydrogen (secondary N) is 1. The number of H-pyrrole nitrogens is 1. The second kappa shape index (κ2) is 5.81. The van der Waals surface area contributed by atoms with Gasteiger partial charge in [0.15, 0.2) is 0 Å². The molecular formula is C17H16N4O2. The number of pyridine rings is 1. The van der Waals surface area contributed by atoms with Crippen LogP contribution >= 0.6 is 0 Å². The summed E-state index contributed by atoms with van der Waals surface area (Å²) in [7, 11) is 0. The molecule has 1 saturated heterocycles. The third-order valence-electron chi connectivity index (χ3n) is 4.11. The van der Waals surface area contributed by atoms with Crippen LogP contribution in [0.15, 0.2) is 48.8 Å². The second-order valence-corrected chi connectivity index (χ2v) is 5.52. The number of aromatic nitrogens is 3. The number of morpholine rings is 1. The lowest BCUT2D eigenvalue weighted by Gasteiger charge is -2.35. The van der Waals surface area contributed by atoms with Crippen LogP contribution in [-0.4, -0.2) is 45.7 Å². The summed E-state index contributed by atoms with van der Waals surface area (Å²) in [6.45, 7) is 1.56. The Balaban J connectivity index is 1.67. The minimum absolute atomic E-state index is 0.0360. The molecule has 0 spiro atoms. The maximum Gasteiger partial charge on any atom is 0.256 e. The lowest BCUT2D eigenvalue weighted by molar-refractivity contribution is -0.00392. The summed E-state index contributed by atoms with van der Waals surface area (Å²) in [5, 5.41) is 7.87. The van der Waals surface area contributed by atoms with E-state index in [2.05, 4.69) is 15.2 Å². The van der Waals surface area contributed by atoms with Gasteiger partial charge in [-0.2, -0.15) is 5.10 Å². The largest absolute Gasteiger partial charge is 0.377 e. The van der Waals surface area contributed by atoms with Crippen molar-refractivity contribution >= 4 is 16.8 Å². The number of fused-ring (bicyclic) bond motifs is 1. The van der Waals surface area contributed by atoms with Crippen molar-refractivity contribution in [3.05, 3.63) is 60.0 Å². The Hall–Kier alpha value is -2.73. The molecule has 0 aliphatic carbocycles. The van der Waals surface area contributed by atoms with Crippen LogP contribution in [0.5, 0.6) is 0 Å². The zero-order valence-corrected chi connectivity index (χ0v) is 12.5. The minimum atomic E-state index is -0.148. The quantitative estimate of drug-likeness (QED) is 0.787. The van der Waals surface area contributed by atoms with E-state index in [0.29, 0.717) is 25.3 Å². The normalized spacial score (nSPS) is 18.3. The molecule has 3 heterocycles. The molecule has 116 valence electrons. The van der Waals surface area contributed by atoms with Gasteiger partial charge < -0.3 is 9.64 Å². The van der Waals surface area contributed by atoms with E-state index in [4.69, 9.17) is 4.74 Å². The number of aromatic amines is 1. The van der Waals surface area contributed by atoms with Crippen LogP contribution in [-0.2, 0) is 4.74 Å². The molecule has 1 amide bonds. The predicted octanol–water partition coefficient (Wildman–Crippen LogP) is 2.17. The lowest BCUT2D eigenvalue weighted by atomic mass is 10.1. The minimum Gasteiger partial charge on any atom is -0.377 e. The lowest BCUT2D eigenvalue weighted by Crippen LogP contribution is -2.43. The Morgan fingerprint density at radius 2 is 2.22 bits per heavy atom. The maximum absolute atomic E-state index is 12.9. The monoisotopic (exact) mass is 308 g/mol. The second-order valence-electron chi connectivity index (χ2n) is 5.52. The van der Waals surface area contributed by atoms with Crippen molar-refractivity contribution in [1.82, 2.24) is 20.1 Å². The van der Waals surface area contributed by atoms with Gasteiger partial charge in [0.1, 0.15) is 0 Å². The number of rotatable bonds is 2. The van der Waals surface area contributed by atoms with E-state index in [1.807, 2.05) is 41.3 Å². The Kier molecular flexibility index (Phi) is 3.51. The van der Waals surface area contributed by atoms with Crippen molar-refractivity contribution in [2.75, 3.05) is 19.8 Å². The molecule has 23 heavy (non-hydrogen) atoms. The molecule has 1 unspecified atom stereocenters. The van der Waals surface area contributed by atoms with E-state index in [9.17, 15) is 4.79 Å². The van der Waals surface area contributed by atoms with E-state index in [1.165, 1.54) is 0 Å². The van der Waals surface area contributed by atoms with E-state index >= 15 is 0 Å². The average Bonchev–Trinajstić information content (AvgIpc) is 3.15. The molecule has 6 heteroatoms. The van der Waals surface area contributed by atoms with E-state index in [-0.39, 0.29) is 11.9 Å². The fourth-order valence-corrected chi connectivity index (χ4v) is 2.91. The molecule has 0 saturated carbocycles. The molecule has 1 aliphatic rings. The third kappa shape index (κ3) is 2.57. The molecule has 6 nitrogen and oxygen atoms in total. The number of hydrogen-bond acceptors (Lipinski definition) is 4. The summed E-state index contributed by atoms with van der Waals surface area (Å²) in [4.78, 5) is 19.2. The van der Waals surface area contributed by atoms with Crippen molar-refractivity contribution in [3.8, 4) is 0 Å². The fraction of sp³-hybridized carbons (Fsp3) is 0.235. The van der Waals surface area contributed by atoms with E-state index in [1.54, 1.807) is 12.4 Å². The van der Waals surface area contributed by atoms with Crippen LogP contribution in [0.3, 0.4) is 0 Å². The molecule has 1 atom stereocenters. The van der Waals surface area contributed by atoms with Gasteiger partial charge in [0.2, 0.25) is 0 Å². The summed E-state index contributed by atoms with van der Waals surface area (Å²) < 4.78 is 5.54.